The Balaban J connectivity index is 1.07. The normalized spacial score (nSPS) is 16.0. The molecule has 2 fully saturated rings. The largest absolute Gasteiger partial charge is 0.508 e. The molecule has 2 aliphatic heterocycles. The first-order chi connectivity index (χ1) is 27.3. The average Bonchev–Trinajstić information content (AvgIpc) is 4.02. The number of nitrogens with zero attached hydrogens (tertiary/aromatic N) is 5. The van der Waals surface area contributed by atoms with Crippen LogP contribution in [0.2, 0.25) is 0 Å². The molecule has 0 saturated carbocycles. The minimum atomic E-state index is -0.0629. The molecule has 10 nitrogen and oxygen atoms in total. The summed E-state index contributed by atoms with van der Waals surface area (Å²) in [6.07, 6.45) is 7.25. The van der Waals surface area contributed by atoms with Crippen molar-refractivity contribution in [3.05, 3.63) is 128 Å². The van der Waals surface area contributed by atoms with Crippen molar-refractivity contribution in [2.75, 3.05) is 26.2 Å². The van der Waals surface area contributed by atoms with E-state index in [1.165, 1.54) is 12.2 Å². The number of fused-ring (bicyclic) bond motifs is 4. The molecule has 2 aliphatic rings. The maximum absolute atomic E-state index is 12.4. The number of furan rings is 1. The van der Waals surface area contributed by atoms with E-state index in [0.29, 0.717) is 26.2 Å². The van der Waals surface area contributed by atoms with Crippen LogP contribution in [0.3, 0.4) is 0 Å². The molecule has 2 amide bonds. The third kappa shape index (κ3) is 5.39. The molecule has 0 radical (unpaired) electrons. The van der Waals surface area contributed by atoms with E-state index < -0.39 is 0 Å². The van der Waals surface area contributed by atoms with Crippen molar-refractivity contribution in [1.29, 1.82) is 0 Å². The number of hydrogen-bond donors (Lipinski definition) is 2. The van der Waals surface area contributed by atoms with Gasteiger partial charge in [0, 0.05) is 42.9 Å². The Labute approximate surface area is 322 Å². The van der Waals surface area contributed by atoms with Crippen LogP contribution in [0.25, 0.3) is 77.1 Å². The van der Waals surface area contributed by atoms with Gasteiger partial charge in [0.15, 0.2) is 0 Å². The Kier molecular flexibility index (Phi) is 7.71. The predicted molar refractivity (Wildman–Crippen MR) is 219 cm³/mol. The van der Waals surface area contributed by atoms with E-state index in [1.54, 1.807) is 4.90 Å². The molecule has 10 heteroatoms. The van der Waals surface area contributed by atoms with Gasteiger partial charge in [-0.05, 0) is 130 Å². The number of phenolic OH excluding ortho intramolecular Hbond substituents is 1. The van der Waals surface area contributed by atoms with Crippen LogP contribution >= 0.6 is 0 Å². The SMILES string of the molecule is C=CC(=O)N1CCC(c2cc3c(-c4ccc5c(-c6ccc7c(c6)ncn7C6CN(C(=O)C=C)C6)cc(O)cc5c4)cc(-c4c(C)ccc5[nH]ncc45)cc3o2)C1. The van der Waals surface area contributed by atoms with Crippen LogP contribution in [0.15, 0.2) is 121 Å². The number of rotatable bonds is 7. The van der Waals surface area contributed by atoms with Crippen molar-refractivity contribution < 1.29 is 19.1 Å². The Bertz CT molecular complexity index is 2950. The Morgan fingerprint density at radius 3 is 2.46 bits per heavy atom. The number of nitrogens with one attached hydrogen (secondary N) is 1. The van der Waals surface area contributed by atoms with Crippen molar-refractivity contribution >= 4 is 55.5 Å². The number of aryl methyl sites for hydroxylation is 1. The number of H-pyrrole nitrogens is 1. The van der Waals surface area contributed by atoms with Gasteiger partial charge in [-0.3, -0.25) is 14.7 Å². The fourth-order valence-electron chi connectivity index (χ4n) is 8.77. The second-order valence-corrected chi connectivity index (χ2v) is 15.0. The highest BCUT2D eigenvalue weighted by atomic mass is 16.3. The van der Waals surface area contributed by atoms with E-state index >= 15 is 0 Å². The summed E-state index contributed by atoms with van der Waals surface area (Å²) in [4.78, 5) is 32.8. The van der Waals surface area contributed by atoms with Gasteiger partial charge >= 0.3 is 0 Å². The number of likely N-dealkylation sites (tertiary alicyclic amines) is 2. The van der Waals surface area contributed by atoms with Crippen LogP contribution in [0.4, 0.5) is 0 Å². The first-order valence-electron chi connectivity index (χ1n) is 18.8. The molecule has 3 aromatic heterocycles. The fraction of sp³-hybridized carbons (Fsp3) is 0.174. The summed E-state index contributed by atoms with van der Waals surface area (Å²) in [5.41, 5.74) is 10.6. The van der Waals surface area contributed by atoms with Crippen LogP contribution in [0, 0.1) is 6.92 Å². The van der Waals surface area contributed by atoms with E-state index in [2.05, 4.69) is 95.5 Å². The summed E-state index contributed by atoms with van der Waals surface area (Å²) >= 11 is 0. The topological polar surface area (TPSA) is 120 Å². The molecule has 0 aliphatic carbocycles. The summed E-state index contributed by atoms with van der Waals surface area (Å²) < 4.78 is 8.81. The van der Waals surface area contributed by atoms with Crippen LogP contribution in [-0.4, -0.2) is 72.6 Å². The average molecular weight is 739 g/mol. The lowest BCUT2D eigenvalue weighted by atomic mass is 9.90. The second kappa shape index (κ2) is 12.8. The third-order valence-corrected chi connectivity index (χ3v) is 11.7. The number of benzene rings is 5. The highest BCUT2D eigenvalue weighted by Crippen LogP contribution is 2.43. The number of amides is 2. The molecule has 1 unspecified atom stereocenters. The maximum atomic E-state index is 12.4. The van der Waals surface area contributed by atoms with Crippen LogP contribution in [-0.2, 0) is 9.59 Å². The van der Waals surface area contributed by atoms with E-state index in [-0.39, 0.29) is 29.5 Å². The third-order valence-electron chi connectivity index (χ3n) is 11.7. The standard InChI is InChI=1S/C46H38N6O4/c1-4-44(54)50-13-12-29(22-50)42-20-37-35(16-31(18-43(37)56-42)46-26(3)6-10-39-38(46)21-48-49-39)27-7-9-34-30(14-27)15-33(53)19-36(34)28-8-11-41-40(17-28)47-25-52(41)32-23-51(24-32)45(55)5-2/h4-11,14-21,25,29,32,53H,1-2,12-13,22-24H2,3H3,(H,48,49). The summed E-state index contributed by atoms with van der Waals surface area (Å²) in [6.45, 7) is 11.9. The van der Waals surface area contributed by atoms with Gasteiger partial charge in [-0.15, -0.1) is 0 Å². The van der Waals surface area contributed by atoms with Gasteiger partial charge in [-0.25, -0.2) is 4.98 Å². The van der Waals surface area contributed by atoms with Crippen molar-refractivity contribution in [3.8, 4) is 39.1 Å². The number of aromatic amines is 1. The van der Waals surface area contributed by atoms with Crippen LogP contribution in [0.1, 0.15) is 29.7 Å². The minimum Gasteiger partial charge on any atom is -0.508 e. The summed E-state index contributed by atoms with van der Waals surface area (Å²) in [5, 5.41) is 22.5. The zero-order valence-electron chi connectivity index (χ0n) is 30.8. The van der Waals surface area contributed by atoms with Crippen molar-refractivity contribution in [2.24, 2.45) is 0 Å². The smallest absolute Gasteiger partial charge is 0.246 e. The van der Waals surface area contributed by atoms with E-state index in [1.807, 2.05) is 35.6 Å². The first-order valence-corrected chi connectivity index (χ1v) is 18.8. The quantitative estimate of drug-likeness (QED) is 0.158. The molecule has 56 heavy (non-hydrogen) atoms. The van der Waals surface area contributed by atoms with Gasteiger partial charge in [0.25, 0.3) is 0 Å². The zero-order chi connectivity index (χ0) is 38.2. The van der Waals surface area contributed by atoms with Crippen molar-refractivity contribution in [3.63, 3.8) is 0 Å². The van der Waals surface area contributed by atoms with Gasteiger partial charge in [0.2, 0.25) is 11.8 Å². The molecule has 1 atom stereocenters. The minimum absolute atomic E-state index is 0.0562. The molecular formula is C46H38N6O4. The van der Waals surface area contributed by atoms with E-state index in [4.69, 9.17) is 9.40 Å². The number of aromatic nitrogens is 4. The predicted octanol–water partition coefficient (Wildman–Crippen LogP) is 8.90. The lowest BCUT2D eigenvalue weighted by Gasteiger charge is -2.39. The highest BCUT2D eigenvalue weighted by Gasteiger charge is 2.32. The molecule has 0 bridgehead atoms. The summed E-state index contributed by atoms with van der Waals surface area (Å²) in [5.74, 6) is 0.982. The van der Waals surface area contributed by atoms with Crippen LogP contribution in [0.5, 0.6) is 5.75 Å². The first kappa shape index (κ1) is 33.6. The lowest BCUT2D eigenvalue weighted by Crippen LogP contribution is -2.49. The van der Waals surface area contributed by atoms with E-state index in [9.17, 15) is 14.7 Å². The fourth-order valence-corrected chi connectivity index (χ4v) is 8.77. The molecule has 0 spiro atoms. The molecule has 2 N–H and O–H groups in total. The summed E-state index contributed by atoms with van der Waals surface area (Å²) in [6, 6.07) is 27.0. The Morgan fingerprint density at radius 1 is 0.839 bits per heavy atom. The molecule has 276 valence electrons. The summed E-state index contributed by atoms with van der Waals surface area (Å²) in [7, 11) is 0. The van der Waals surface area contributed by atoms with Crippen LogP contribution < -0.4 is 0 Å². The van der Waals surface area contributed by atoms with Gasteiger partial charge < -0.3 is 23.9 Å². The highest BCUT2D eigenvalue weighted by molar-refractivity contribution is 6.06. The molecule has 2 saturated heterocycles. The maximum Gasteiger partial charge on any atom is 0.246 e. The van der Waals surface area contributed by atoms with E-state index in [0.717, 1.165) is 94.8 Å². The van der Waals surface area contributed by atoms with Crippen molar-refractivity contribution in [2.45, 2.75) is 25.3 Å². The number of carbonyl (C=O) groups is 2. The molecule has 5 aromatic carbocycles. The van der Waals surface area contributed by atoms with Gasteiger partial charge in [-0.2, -0.15) is 5.10 Å². The number of phenols is 1. The van der Waals surface area contributed by atoms with Gasteiger partial charge in [0.1, 0.15) is 17.1 Å². The Hall–Kier alpha value is -6.94. The second-order valence-electron chi connectivity index (χ2n) is 15.0. The number of imidazole rings is 1. The Morgan fingerprint density at radius 2 is 1.62 bits per heavy atom. The lowest BCUT2D eigenvalue weighted by molar-refractivity contribution is -0.131. The monoisotopic (exact) mass is 738 g/mol. The molecular weight excluding hydrogens is 701 g/mol. The number of hydrogen-bond acceptors (Lipinski definition) is 6. The van der Waals surface area contributed by atoms with Gasteiger partial charge in [-0.1, -0.05) is 37.4 Å². The molecule has 8 aromatic rings. The number of carbonyl (C=O) groups excluding carboxylic acids is 2. The van der Waals surface area contributed by atoms with Gasteiger partial charge in [0.05, 0.1) is 35.1 Å². The van der Waals surface area contributed by atoms with Crippen molar-refractivity contribution in [1.82, 2.24) is 29.5 Å². The molecule has 10 rings (SSSR count). The molecule has 5 heterocycles. The number of aromatic hydroxyl groups is 1. The zero-order valence-corrected chi connectivity index (χ0v) is 30.8.